The second-order valence-electron chi connectivity index (χ2n) is 7.70. The zero-order chi connectivity index (χ0) is 24.4. The molecule has 35 heavy (non-hydrogen) atoms. The van der Waals surface area contributed by atoms with E-state index in [4.69, 9.17) is 9.72 Å². The summed E-state index contributed by atoms with van der Waals surface area (Å²) < 4.78 is 8.00. The summed E-state index contributed by atoms with van der Waals surface area (Å²) in [5.41, 5.74) is 2.95. The highest BCUT2D eigenvalue weighted by atomic mass is 79.9. The first-order valence-electron chi connectivity index (χ1n) is 11.0. The van der Waals surface area contributed by atoms with E-state index in [1.807, 2.05) is 79.7 Å². The van der Waals surface area contributed by atoms with Gasteiger partial charge in [0.1, 0.15) is 16.8 Å². The van der Waals surface area contributed by atoms with E-state index in [0.29, 0.717) is 39.9 Å². The van der Waals surface area contributed by atoms with Crippen LogP contribution >= 0.6 is 27.7 Å². The number of nitrogens with one attached hydrogen (secondary N) is 2. The number of amides is 1. The SMILES string of the molecule is CCOc1ccc(-n2c(SCC(=O)Nc3ccc(Br)cc3)nc3c([nH]c4ccccc43)c2=O)cc1. The number of anilines is 1. The fraction of sp³-hybridized carbons (Fsp3) is 0.115. The molecule has 5 rings (SSSR count). The van der Waals surface area contributed by atoms with E-state index < -0.39 is 0 Å². The minimum absolute atomic E-state index is 0.0907. The Bertz CT molecular complexity index is 1580. The number of ether oxygens (including phenoxy) is 1. The molecule has 0 aliphatic heterocycles. The number of thioether (sulfide) groups is 1. The summed E-state index contributed by atoms with van der Waals surface area (Å²) in [5, 5.41) is 4.17. The van der Waals surface area contributed by atoms with Crippen LogP contribution in [0.4, 0.5) is 5.69 Å². The molecule has 0 bridgehead atoms. The summed E-state index contributed by atoms with van der Waals surface area (Å²) in [6.07, 6.45) is 0. The normalized spacial score (nSPS) is 11.1. The topological polar surface area (TPSA) is 89.0 Å². The van der Waals surface area contributed by atoms with E-state index >= 15 is 0 Å². The lowest BCUT2D eigenvalue weighted by molar-refractivity contribution is -0.113. The minimum atomic E-state index is -0.230. The van der Waals surface area contributed by atoms with Crippen molar-refractivity contribution in [1.82, 2.24) is 14.5 Å². The van der Waals surface area contributed by atoms with Crippen molar-refractivity contribution in [2.24, 2.45) is 0 Å². The number of halogens is 1. The average molecular weight is 549 g/mol. The molecule has 0 radical (unpaired) electrons. The van der Waals surface area contributed by atoms with Crippen LogP contribution in [0.15, 0.2) is 87.2 Å². The second kappa shape index (κ2) is 9.97. The number of carbonyl (C=O) groups is 1. The van der Waals surface area contributed by atoms with Gasteiger partial charge in [0.2, 0.25) is 5.91 Å². The van der Waals surface area contributed by atoms with Crippen molar-refractivity contribution in [3.05, 3.63) is 87.6 Å². The number of rotatable bonds is 7. The molecule has 0 atom stereocenters. The first kappa shape index (κ1) is 23.2. The quantitative estimate of drug-likeness (QED) is 0.199. The van der Waals surface area contributed by atoms with Gasteiger partial charge in [-0.3, -0.25) is 14.2 Å². The highest BCUT2D eigenvalue weighted by Gasteiger charge is 2.18. The van der Waals surface area contributed by atoms with Crippen LogP contribution in [0.2, 0.25) is 0 Å². The van der Waals surface area contributed by atoms with Crippen molar-refractivity contribution in [1.29, 1.82) is 0 Å². The summed E-state index contributed by atoms with van der Waals surface area (Å²) in [6.45, 7) is 2.47. The van der Waals surface area contributed by atoms with Gasteiger partial charge in [0.05, 0.1) is 18.0 Å². The molecule has 3 aromatic carbocycles. The number of aromatic nitrogens is 3. The Hall–Kier alpha value is -3.56. The Morgan fingerprint density at radius 3 is 2.57 bits per heavy atom. The van der Waals surface area contributed by atoms with Crippen molar-refractivity contribution in [3.63, 3.8) is 0 Å². The van der Waals surface area contributed by atoms with Crippen LogP contribution in [0.1, 0.15) is 6.92 Å². The molecule has 0 unspecified atom stereocenters. The Balaban J connectivity index is 1.53. The maximum atomic E-state index is 13.6. The van der Waals surface area contributed by atoms with Gasteiger partial charge in [-0.25, -0.2) is 4.98 Å². The van der Waals surface area contributed by atoms with Gasteiger partial charge in [-0.1, -0.05) is 45.9 Å². The molecule has 0 saturated heterocycles. The second-order valence-corrected chi connectivity index (χ2v) is 9.56. The zero-order valence-corrected chi connectivity index (χ0v) is 21.2. The Morgan fingerprint density at radius 2 is 1.83 bits per heavy atom. The number of H-pyrrole nitrogens is 1. The molecule has 2 heterocycles. The van der Waals surface area contributed by atoms with Gasteiger partial charge in [0.25, 0.3) is 5.56 Å². The van der Waals surface area contributed by atoms with Crippen molar-refractivity contribution >= 4 is 61.2 Å². The van der Waals surface area contributed by atoms with Crippen molar-refractivity contribution in [2.45, 2.75) is 12.1 Å². The lowest BCUT2D eigenvalue weighted by Gasteiger charge is -2.13. The molecule has 1 amide bonds. The van der Waals surface area contributed by atoms with E-state index in [1.165, 1.54) is 16.3 Å². The summed E-state index contributed by atoms with van der Waals surface area (Å²) in [7, 11) is 0. The van der Waals surface area contributed by atoms with Crippen molar-refractivity contribution in [3.8, 4) is 11.4 Å². The Labute approximate surface area is 213 Å². The van der Waals surface area contributed by atoms with Crippen LogP contribution < -0.4 is 15.6 Å². The van der Waals surface area contributed by atoms with Gasteiger partial charge in [-0.2, -0.15) is 0 Å². The van der Waals surface area contributed by atoms with Crippen LogP contribution in [0, 0.1) is 0 Å². The van der Waals surface area contributed by atoms with Gasteiger partial charge < -0.3 is 15.0 Å². The van der Waals surface area contributed by atoms with Crippen molar-refractivity contribution < 1.29 is 9.53 Å². The standard InChI is InChI=1S/C26H21BrN4O3S/c1-2-34-19-13-11-18(12-14-19)31-25(33)24-23(20-5-3-4-6-21(20)29-24)30-26(31)35-15-22(32)28-17-9-7-16(27)8-10-17/h3-14,29H,2,15H2,1H3,(H,28,32). The molecule has 5 aromatic rings. The number of carbonyl (C=O) groups excluding carboxylic acids is 1. The number of aromatic amines is 1. The van der Waals surface area contributed by atoms with Crippen LogP contribution in [-0.4, -0.2) is 32.8 Å². The minimum Gasteiger partial charge on any atom is -0.494 e. The molecule has 2 N–H and O–H groups in total. The Morgan fingerprint density at radius 1 is 1.09 bits per heavy atom. The molecule has 7 nitrogen and oxygen atoms in total. The molecule has 0 aliphatic carbocycles. The van der Waals surface area contributed by atoms with Gasteiger partial charge in [-0.05, 0) is 61.5 Å². The zero-order valence-electron chi connectivity index (χ0n) is 18.7. The van der Waals surface area contributed by atoms with E-state index in [1.54, 1.807) is 0 Å². The molecular weight excluding hydrogens is 528 g/mol. The molecule has 9 heteroatoms. The third-order valence-corrected chi connectivity index (χ3v) is 6.83. The van der Waals surface area contributed by atoms with Crippen LogP contribution in [0.5, 0.6) is 5.75 Å². The maximum absolute atomic E-state index is 13.6. The Kier molecular flexibility index (Phi) is 6.61. The number of benzene rings is 3. The van der Waals surface area contributed by atoms with Crippen LogP contribution in [-0.2, 0) is 4.79 Å². The van der Waals surface area contributed by atoms with Gasteiger partial charge >= 0.3 is 0 Å². The molecule has 176 valence electrons. The predicted octanol–water partition coefficient (Wildman–Crippen LogP) is 5.76. The number of nitrogens with zero attached hydrogens (tertiary/aromatic N) is 2. The van der Waals surface area contributed by atoms with Gasteiger partial charge in [0, 0.05) is 21.1 Å². The van der Waals surface area contributed by atoms with E-state index in [2.05, 4.69) is 26.2 Å². The fourth-order valence-electron chi connectivity index (χ4n) is 3.79. The molecule has 0 fully saturated rings. The molecule has 0 saturated carbocycles. The maximum Gasteiger partial charge on any atom is 0.283 e. The van der Waals surface area contributed by atoms with E-state index in [0.717, 1.165) is 15.4 Å². The number of para-hydroxylation sites is 1. The fourth-order valence-corrected chi connectivity index (χ4v) is 4.86. The summed E-state index contributed by atoms with van der Waals surface area (Å²) in [5.74, 6) is 0.615. The molecule has 0 spiro atoms. The first-order chi connectivity index (χ1) is 17.0. The molecule has 2 aromatic heterocycles. The van der Waals surface area contributed by atoms with Gasteiger partial charge in [-0.15, -0.1) is 0 Å². The monoisotopic (exact) mass is 548 g/mol. The summed E-state index contributed by atoms with van der Waals surface area (Å²) in [6, 6.07) is 22.3. The third-order valence-electron chi connectivity index (χ3n) is 5.36. The van der Waals surface area contributed by atoms with E-state index in [9.17, 15) is 9.59 Å². The van der Waals surface area contributed by atoms with E-state index in [-0.39, 0.29) is 17.2 Å². The lowest BCUT2D eigenvalue weighted by atomic mass is 10.2. The smallest absolute Gasteiger partial charge is 0.283 e. The van der Waals surface area contributed by atoms with Gasteiger partial charge in [0.15, 0.2) is 5.16 Å². The average Bonchev–Trinajstić information content (AvgIpc) is 3.24. The highest BCUT2D eigenvalue weighted by Crippen LogP contribution is 2.27. The summed E-state index contributed by atoms with van der Waals surface area (Å²) >= 11 is 4.60. The molecule has 0 aliphatic rings. The molecular formula is C26H21BrN4O3S. The lowest BCUT2D eigenvalue weighted by Crippen LogP contribution is -2.23. The van der Waals surface area contributed by atoms with Crippen LogP contribution in [0.25, 0.3) is 27.6 Å². The van der Waals surface area contributed by atoms with Crippen LogP contribution in [0.3, 0.4) is 0 Å². The predicted molar refractivity (Wildman–Crippen MR) is 144 cm³/mol. The third kappa shape index (κ3) is 4.82. The number of fused-ring (bicyclic) bond motifs is 3. The summed E-state index contributed by atoms with van der Waals surface area (Å²) in [4.78, 5) is 34.3. The van der Waals surface area contributed by atoms with Crippen molar-refractivity contribution in [2.75, 3.05) is 17.7 Å². The number of hydrogen-bond donors (Lipinski definition) is 2. The first-order valence-corrected chi connectivity index (χ1v) is 12.8. The highest BCUT2D eigenvalue weighted by molar-refractivity contribution is 9.10. The largest absolute Gasteiger partial charge is 0.494 e. The number of hydrogen-bond acceptors (Lipinski definition) is 5.